The second-order valence-electron chi connectivity index (χ2n) is 5.03. The number of hydrogen-bond acceptors (Lipinski definition) is 5. The predicted molar refractivity (Wildman–Crippen MR) is 94.3 cm³/mol. The van der Waals surface area contributed by atoms with Crippen LogP contribution < -0.4 is 16.1 Å². The summed E-state index contributed by atoms with van der Waals surface area (Å²) in [5.74, 6) is 6.73. The molecule has 0 aliphatic heterocycles. The van der Waals surface area contributed by atoms with Gasteiger partial charge in [0.2, 0.25) is 0 Å². The number of nitrogens with zero attached hydrogens (tertiary/aromatic N) is 2. The Hall–Kier alpha value is -1.76. The molecule has 0 unspecified atom stereocenters. The van der Waals surface area contributed by atoms with E-state index in [0.717, 1.165) is 15.1 Å². The van der Waals surface area contributed by atoms with Gasteiger partial charge >= 0.3 is 0 Å². The van der Waals surface area contributed by atoms with Gasteiger partial charge in [-0.15, -0.1) is 11.3 Å². The van der Waals surface area contributed by atoms with E-state index in [9.17, 15) is 4.79 Å². The second kappa shape index (κ2) is 6.03. The van der Waals surface area contributed by atoms with Crippen LogP contribution in [0.5, 0.6) is 5.75 Å². The van der Waals surface area contributed by atoms with E-state index >= 15 is 0 Å². The van der Waals surface area contributed by atoms with Crippen LogP contribution in [-0.4, -0.2) is 9.66 Å². The molecule has 0 fully saturated rings. The largest absolute Gasteiger partial charge is 0.486 e. The topological polar surface area (TPSA) is 70.1 Å². The molecule has 0 amide bonds. The van der Waals surface area contributed by atoms with Gasteiger partial charge in [-0.1, -0.05) is 23.2 Å². The van der Waals surface area contributed by atoms with Crippen LogP contribution in [0.25, 0.3) is 10.2 Å². The van der Waals surface area contributed by atoms with Crippen molar-refractivity contribution < 1.29 is 4.74 Å². The van der Waals surface area contributed by atoms with Crippen molar-refractivity contribution in [2.45, 2.75) is 20.5 Å². The van der Waals surface area contributed by atoms with E-state index < -0.39 is 0 Å². The Morgan fingerprint density at radius 1 is 1.30 bits per heavy atom. The lowest BCUT2D eigenvalue weighted by Gasteiger charge is -2.10. The number of nitrogens with two attached hydrogens (primary N) is 1. The molecule has 3 aromatic rings. The van der Waals surface area contributed by atoms with Gasteiger partial charge in [-0.3, -0.25) is 4.79 Å². The van der Waals surface area contributed by atoms with Crippen molar-refractivity contribution in [1.29, 1.82) is 0 Å². The van der Waals surface area contributed by atoms with E-state index in [-0.39, 0.29) is 12.2 Å². The lowest BCUT2D eigenvalue weighted by Crippen LogP contribution is -2.32. The van der Waals surface area contributed by atoms with E-state index in [1.807, 2.05) is 13.8 Å². The molecule has 120 valence electrons. The first-order chi connectivity index (χ1) is 10.9. The Bertz CT molecular complexity index is 965. The molecule has 1 aromatic carbocycles. The molecule has 0 aliphatic rings. The number of nitrogen functional groups attached to an aromatic ring is 1. The number of rotatable bonds is 3. The number of aromatic nitrogens is 2. The number of hydrogen-bond donors (Lipinski definition) is 1. The maximum atomic E-state index is 12.4. The van der Waals surface area contributed by atoms with Crippen molar-refractivity contribution in [1.82, 2.24) is 9.66 Å². The average Bonchev–Trinajstić information content (AvgIpc) is 2.80. The van der Waals surface area contributed by atoms with Crippen LogP contribution in [-0.2, 0) is 6.61 Å². The van der Waals surface area contributed by atoms with Crippen LogP contribution in [0.2, 0.25) is 10.0 Å². The van der Waals surface area contributed by atoms with Crippen LogP contribution >= 0.6 is 34.5 Å². The van der Waals surface area contributed by atoms with Crippen LogP contribution in [0.1, 0.15) is 16.3 Å². The normalized spacial score (nSPS) is 11.1. The lowest BCUT2D eigenvalue weighted by atomic mass is 10.2. The maximum absolute atomic E-state index is 12.4. The summed E-state index contributed by atoms with van der Waals surface area (Å²) in [6.45, 7) is 3.90. The summed E-state index contributed by atoms with van der Waals surface area (Å²) >= 11 is 13.3. The van der Waals surface area contributed by atoms with Crippen LogP contribution in [0.3, 0.4) is 0 Å². The van der Waals surface area contributed by atoms with Crippen molar-refractivity contribution in [2.24, 2.45) is 0 Å². The molecule has 0 spiro atoms. The minimum atomic E-state index is -0.274. The summed E-state index contributed by atoms with van der Waals surface area (Å²) in [5.41, 5.74) is 0.642. The third-order valence-corrected chi connectivity index (χ3v) is 5.41. The molecule has 5 nitrogen and oxygen atoms in total. The summed E-state index contributed by atoms with van der Waals surface area (Å²) in [4.78, 5) is 18.6. The zero-order valence-corrected chi connectivity index (χ0v) is 14.7. The minimum absolute atomic E-state index is 0.0512. The molecule has 0 saturated carbocycles. The fourth-order valence-corrected chi connectivity index (χ4v) is 3.49. The van der Waals surface area contributed by atoms with Crippen molar-refractivity contribution in [3.8, 4) is 5.75 Å². The number of fused-ring (bicyclic) bond motifs is 1. The first-order valence-corrected chi connectivity index (χ1v) is 8.30. The highest BCUT2D eigenvalue weighted by molar-refractivity contribution is 7.18. The summed E-state index contributed by atoms with van der Waals surface area (Å²) in [5, 5.41) is 1.40. The number of ether oxygens (including phenoxy) is 1. The zero-order valence-electron chi connectivity index (χ0n) is 12.4. The minimum Gasteiger partial charge on any atom is -0.486 e. The van der Waals surface area contributed by atoms with Crippen molar-refractivity contribution in [3.63, 3.8) is 0 Å². The molecule has 0 atom stereocenters. The Labute approximate surface area is 146 Å². The van der Waals surface area contributed by atoms with Gasteiger partial charge in [0.1, 0.15) is 17.2 Å². The predicted octanol–water partition coefficient (Wildman–Crippen LogP) is 3.67. The molecule has 0 saturated heterocycles. The highest BCUT2D eigenvalue weighted by atomic mass is 35.5. The van der Waals surface area contributed by atoms with Gasteiger partial charge < -0.3 is 10.6 Å². The van der Waals surface area contributed by atoms with E-state index in [1.165, 1.54) is 11.3 Å². The molecule has 23 heavy (non-hydrogen) atoms. The highest BCUT2D eigenvalue weighted by Crippen LogP contribution is 2.28. The molecule has 2 heterocycles. The molecule has 0 radical (unpaired) electrons. The number of aryl methyl sites for hydroxylation is 2. The van der Waals surface area contributed by atoms with Crippen LogP contribution in [0.4, 0.5) is 0 Å². The molecular weight excluding hydrogens is 357 g/mol. The zero-order chi connectivity index (χ0) is 16.7. The van der Waals surface area contributed by atoms with Crippen LogP contribution in [0, 0.1) is 13.8 Å². The molecule has 3 rings (SSSR count). The summed E-state index contributed by atoms with van der Waals surface area (Å²) in [6, 6.07) is 4.92. The summed E-state index contributed by atoms with van der Waals surface area (Å²) in [7, 11) is 0. The lowest BCUT2D eigenvalue weighted by molar-refractivity contribution is 0.291. The van der Waals surface area contributed by atoms with Crippen molar-refractivity contribution >= 4 is 44.8 Å². The first-order valence-electron chi connectivity index (χ1n) is 6.73. The standard InChI is InChI=1S/C15H13Cl2N3O2S/c1-7-8(2)23-14-13(7)15(21)20(18)12(19-14)6-22-9-3-4-10(16)11(17)5-9/h3-5H,6,18H2,1-2H3. The monoisotopic (exact) mass is 369 g/mol. The highest BCUT2D eigenvalue weighted by Gasteiger charge is 2.15. The first kappa shape index (κ1) is 16.1. The Morgan fingerprint density at radius 3 is 2.74 bits per heavy atom. The number of halogens is 2. The molecular formula is C15H13Cl2N3O2S. The van der Waals surface area contributed by atoms with E-state index in [1.54, 1.807) is 18.2 Å². The van der Waals surface area contributed by atoms with Gasteiger partial charge in [-0.05, 0) is 31.5 Å². The smallest absolute Gasteiger partial charge is 0.281 e. The van der Waals surface area contributed by atoms with Gasteiger partial charge in [0.25, 0.3) is 5.56 Å². The Kier molecular flexibility index (Phi) is 4.23. The van der Waals surface area contributed by atoms with Gasteiger partial charge in [0.05, 0.1) is 15.4 Å². The number of benzene rings is 1. The molecule has 0 bridgehead atoms. The van der Waals surface area contributed by atoms with Crippen LogP contribution in [0.15, 0.2) is 23.0 Å². The molecule has 0 aliphatic carbocycles. The fourth-order valence-electron chi connectivity index (χ4n) is 2.16. The Balaban J connectivity index is 1.95. The van der Waals surface area contributed by atoms with Gasteiger partial charge in [0, 0.05) is 10.9 Å². The maximum Gasteiger partial charge on any atom is 0.281 e. The fraction of sp³-hybridized carbons (Fsp3) is 0.200. The van der Waals surface area contributed by atoms with Gasteiger partial charge in [0.15, 0.2) is 5.82 Å². The average molecular weight is 370 g/mol. The molecule has 8 heteroatoms. The summed E-state index contributed by atoms with van der Waals surface area (Å²) < 4.78 is 6.64. The van der Waals surface area contributed by atoms with Crippen molar-refractivity contribution in [3.05, 3.63) is 54.9 Å². The number of thiophene rings is 1. The van der Waals surface area contributed by atoms with Gasteiger partial charge in [-0.2, -0.15) is 0 Å². The van der Waals surface area contributed by atoms with Gasteiger partial charge in [-0.25, -0.2) is 9.66 Å². The van der Waals surface area contributed by atoms with E-state index in [4.69, 9.17) is 33.8 Å². The SMILES string of the molecule is Cc1sc2nc(COc3ccc(Cl)c(Cl)c3)n(N)c(=O)c2c1C. The summed E-state index contributed by atoms with van der Waals surface area (Å²) in [6.07, 6.45) is 0. The molecule has 2 aromatic heterocycles. The van der Waals surface area contributed by atoms with E-state index in [0.29, 0.717) is 31.8 Å². The third-order valence-electron chi connectivity index (χ3n) is 3.57. The van der Waals surface area contributed by atoms with E-state index in [2.05, 4.69) is 4.98 Å². The second-order valence-corrected chi connectivity index (χ2v) is 7.05. The quantitative estimate of drug-likeness (QED) is 0.714. The Morgan fingerprint density at radius 2 is 2.04 bits per heavy atom. The third kappa shape index (κ3) is 2.89. The van der Waals surface area contributed by atoms with Crippen molar-refractivity contribution in [2.75, 3.05) is 5.84 Å². The molecule has 2 N–H and O–H groups in total.